The van der Waals surface area contributed by atoms with Gasteiger partial charge in [-0.25, -0.2) is 0 Å². The van der Waals surface area contributed by atoms with Crippen molar-refractivity contribution in [2.45, 2.75) is 25.5 Å². The fourth-order valence-corrected chi connectivity index (χ4v) is 3.80. The molecule has 0 amide bonds. The molecule has 0 fully saturated rings. The molecule has 0 aliphatic heterocycles. The molecule has 0 N–H and O–H groups in total. The highest BCUT2D eigenvalue weighted by Gasteiger charge is 2.18. The molecule has 0 aliphatic carbocycles. The summed E-state index contributed by atoms with van der Waals surface area (Å²) in [4.78, 5) is 16.8. The van der Waals surface area contributed by atoms with E-state index in [1.54, 1.807) is 19.5 Å². The van der Waals surface area contributed by atoms with Crippen LogP contribution < -0.4 is 0 Å². The van der Waals surface area contributed by atoms with Crippen molar-refractivity contribution in [3.63, 3.8) is 0 Å². The van der Waals surface area contributed by atoms with Crippen molar-refractivity contribution < 1.29 is 9.53 Å². The fourth-order valence-electron chi connectivity index (χ4n) is 3.00. The van der Waals surface area contributed by atoms with Gasteiger partial charge in [0.2, 0.25) is 0 Å². The first kappa shape index (κ1) is 19.3. The van der Waals surface area contributed by atoms with Crippen LogP contribution in [0.2, 0.25) is 0 Å². The lowest BCUT2D eigenvalue weighted by molar-refractivity contribution is 0.102. The fraction of sp³-hybridized carbons (Fsp3) is 0.368. The second-order valence-corrected chi connectivity index (χ2v) is 7.19. The Morgan fingerprint density at radius 3 is 2.81 bits per heavy atom. The number of thioether (sulfide) groups is 1. The van der Waals surface area contributed by atoms with Gasteiger partial charge in [-0.05, 0) is 32.0 Å². The summed E-state index contributed by atoms with van der Waals surface area (Å²) in [6.07, 6.45) is 3.47. The number of methoxy groups -OCH3 is 1. The Labute approximate surface area is 162 Å². The summed E-state index contributed by atoms with van der Waals surface area (Å²) in [6.45, 7) is 5.35. The van der Waals surface area contributed by atoms with Crippen molar-refractivity contribution in [3.8, 4) is 11.4 Å². The van der Waals surface area contributed by atoms with Gasteiger partial charge in [-0.2, -0.15) is 0 Å². The van der Waals surface area contributed by atoms with Crippen LogP contribution in [-0.4, -0.2) is 49.6 Å². The summed E-state index contributed by atoms with van der Waals surface area (Å²) in [7, 11) is 3.57. The van der Waals surface area contributed by atoms with Gasteiger partial charge in [0.15, 0.2) is 16.8 Å². The van der Waals surface area contributed by atoms with E-state index in [0.29, 0.717) is 17.5 Å². The average molecular weight is 385 g/mol. The van der Waals surface area contributed by atoms with E-state index < -0.39 is 0 Å². The van der Waals surface area contributed by atoms with Crippen molar-refractivity contribution in [2.75, 3.05) is 19.5 Å². The van der Waals surface area contributed by atoms with E-state index in [1.165, 1.54) is 11.8 Å². The highest BCUT2D eigenvalue weighted by molar-refractivity contribution is 7.99. The number of rotatable bonds is 8. The van der Waals surface area contributed by atoms with E-state index in [4.69, 9.17) is 4.74 Å². The maximum absolute atomic E-state index is 12.7. The molecule has 0 spiro atoms. The lowest BCUT2D eigenvalue weighted by Gasteiger charge is -2.08. The van der Waals surface area contributed by atoms with Crippen LogP contribution in [0.1, 0.15) is 21.7 Å². The van der Waals surface area contributed by atoms with Crippen LogP contribution >= 0.6 is 11.8 Å². The minimum absolute atomic E-state index is 0.0858. The number of carbonyl (C=O) groups excluding carboxylic acids is 1. The molecule has 3 aromatic heterocycles. The van der Waals surface area contributed by atoms with E-state index in [1.807, 2.05) is 43.7 Å². The molecule has 7 nitrogen and oxygen atoms in total. The Morgan fingerprint density at radius 2 is 2.11 bits per heavy atom. The van der Waals surface area contributed by atoms with Crippen molar-refractivity contribution in [2.24, 2.45) is 7.05 Å². The zero-order valence-electron chi connectivity index (χ0n) is 16.0. The van der Waals surface area contributed by atoms with Gasteiger partial charge < -0.3 is 13.9 Å². The van der Waals surface area contributed by atoms with Gasteiger partial charge in [-0.3, -0.25) is 9.78 Å². The molecule has 0 aliphatic rings. The van der Waals surface area contributed by atoms with Crippen LogP contribution in [0.3, 0.4) is 0 Å². The minimum atomic E-state index is 0.0858. The third-order valence-corrected chi connectivity index (χ3v) is 5.50. The number of ether oxygens (including phenoxy) is 1. The average Bonchev–Trinajstić information content (AvgIpc) is 3.18. The minimum Gasteiger partial charge on any atom is -0.383 e. The molecule has 0 saturated heterocycles. The Morgan fingerprint density at radius 1 is 1.30 bits per heavy atom. The summed E-state index contributed by atoms with van der Waals surface area (Å²) in [6, 6.07) is 5.75. The summed E-state index contributed by atoms with van der Waals surface area (Å²) >= 11 is 1.39. The van der Waals surface area contributed by atoms with Gasteiger partial charge in [0.25, 0.3) is 0 Å². The third kappa shape index (κ3) is 4.12. The van der Waals surface area contributed by atoms with E-state index in [2.05, 4.69) is 19.7 Å². The quantitative estimate of drug-likeness (QED) is 0.438. The second-order valence-electron chi connectivity index (χ2n) is 6.25. The van der Waals surface area contributed by atoms with Crippen LogP contribution in [0, 0.1) is 13.8 Å². The Balaban J connectivity index is 1.71. The molecule has 0 unspecified atom stereocenters. The van der Waals surface area contributed by atoms with Gasteiger partial charge in [-0.1, -0.05) is 11.8 Å². The van der Waals surface area contributed by atoms with E-state index in [0.717, 1.165) is 34.9 Å². The topological polar surface area (TPSA) is 74.8 Å². The molecule has 142 valence electrons. The Bertz CT molecular complexity index is 933. The number of hydrogen-bond donors (Lipinski definition) is 0. The highest BCUT2D eigenvalue weighted by Crippen LogP contribution is 2.24. The molecule has 27 heavy (non-hydrogen) atoms. The molecule has 3 heterocycles. The van der Waals surface area contributed by atoms with Gasteiger partial charge in [0.1, 0.15) is 0 Å². The number of aromatic nitrogens is 5. The van der Waals surface area contributed by atoms with Crippen molar-refractivity contribution in [1.82, 2.24) is 24.3 Å². The molecule has 8 heteroatoms. The van der Waals surface area contributed by atoms with Crippen LogP contribution in [0.15, 0.2) is 35.7 Å². The molecular formula is C19H23N5O2S. The van der Waals surface area contributed by atoms with Crippen molar-refractivity contribution in [3.05, 3.63) is 47.5 Å². The van der Waals surface area contributed by atoms with Crippen LogP contribution in [0.25, 0.3) is 11.4 Å². The molecule has 3 aromatic rings. The zero-order valence-corrected chi connectivity index (χ0v) is 16.8. The molecule has 0 aromatic carbocycles. The van der Waals surface area contributed by atoms with Crippen LogP contribution in [0.5, 0.6) is 0 Å². The highest BCUT2D eigenvalue weighted by atomic mass is 32.2. The lowest BCUT2D eigenvalue weighted by Crippen LogP contribution is -2.10. The van der Waals surface area contributed by atoms with Gasteiger partial charge >= 0.3 is 0 Å². The number of carbonyl (C=O) groups is 1. The second kappa shape index (κ2) is 8.49. The predicted molar refractivity (Wildman–Crippen MR) is 105 cm³/mol. The van der Waals surface area contributed by atoms with Crippen molar-refractivity contribution >= 4 is 17.5 Å². The molecule has 0 bridgehead atoms. The zero-order chi connectivity index (χ0) is 19.4. The monoisotopic (exact) mass is 385 g/mol. The standard InChI is InChI=1S/C19H23N5O2S/c1-13-10-16(14(2)24(13)8-9-26-4)17(25)12-27-19-22-21-18(23(19)3)15-6-5-7-20-11-15/h5-7,10-11H,8-9,12H2,1-4H3. The third-order valence-electron chi connectivity index (χ3n) is 4.48. The van der Waals surface area contributed by atoms with Gasteiger partial charge in [-0.15, -0.1) is 10.2 Å². The first-order valence-electron chi connectivity index (χ1n) is 8.64. The number of pyridine rings is 1. The lowest BCUT2D eigenvalue weighted by atomic mass is 10.2. The molecule has 3 rings (SSSR count). The maximum atomic E-state index is 12.7. The number of hydrogen-bond acceptors (Lipinski definition) is 6. The summed E-state index contributed by atoms with van der Waals surface area (Å²) in [5, 5.41) is 9.15. The number of aryl methyl sites for hydroxylation is 1. The normalized spacial score (nSPS) is 11.1. The Hall–Kier alpha value is -2.45. The first-order chi connectivity index (χ1) is 13.0. The SMILES string of the molecule is COCCn1c(C)cc(C(=O)CSc2nnc(-c3cccnc3)n2C)c1C. The summed E-state index contributed by atoms with van der Waals surface area (Å²) in [5.74, 6) is 1.13. The predicted octanol–water partition coefficient (Wildman–Crippen LogP) is 2.92. The number of ketones is 1. The first-order valence-corrected chi connectivity index (χ1v) is 9.63. The number of Topliss-reactive ketones (excluding diaryl/α,β-unsaturated/α-hetero) is 1. The van der Waals surface area contributed by atoms with Gasteiger partial charge in [0.05, 0.1) is 12.4 Å². The Kier molecular flexibility index (Phi) is 6.08. The summed E-state index contributed by atoms with van der Waals surface area (Å²) < 4.78 is 9.15. The van der Waals surface area contributed by atoms with E-state index in [9.17, 15) is 4.79 Å². The van der Waals surface area contributed by atoms with Crippen LogP contribution in [-0.2, 0) is 18.3 Å². The van der Waals surface area contributed by atoms with Crippen LogP contribution in [0.4, 0.5) is 0 Å². The van der Waals surface area contributed by atoms with E-state index in [-0.39, 0.29) is 5.78 Å². The number of nitrogens with zero attached hydrogens (tertiary/aromatic N) is 5. The molecule has 0 atom stereocenters. The largest absolute Gasteiger partial charge is 0.383 e. The molecular weight excluding hydrogens is 362 g/mol. The smallest absolute Gasteiger partial charge is 0.191 e. The molecule has 0 saturated carbocycles. The van der Waals surface area contributed by atoms with Crippen molar-refractivity contribution in [1.29, 1.82) is 0 Å². The van der Waals surface area contributed by atoms with E-state index >= 15 is 0 Å². The summed E-state index contributed by atoms with van der Waals surface area (Å²) in [5.41, 5.74) is 3.69. The molecule has 0 radical (unpaired) electrons. The van der Waals surface area contributed by atoms with Gasteiger partial charge in [0, 0.05) is 55.6 Å². The maximum Gasteiger partial charge on any atom is 0.191 e.